The molecule has 0 bridgehead atoms. The van der Waals surface area contributed by atoms with E-state index < -0.39 is 0 Å². The van der Waals surface area contributed by atoms with Crippen molar-refractivity contribution in [2.24, 2.45) is 5.92 Å². The highest BCUT2D eigenvalue weighted by Gasteiger charge is 2.20. The number of hydrogen-bond donors (Lipinski definition) is 2. The van der Waals surface area contributed by atoms with Crippen molar-refractivity contribution in [3.8, 4) is 0 Å². The van der Waals surface area contributed by atoms with E-state index >= 15 is 0 Å². The molecule has 18 heavy (non-hydrogen) atoms. The minimum absolute atomic E-state index is 0.189. The number of aryl methyl sites for hydroxylation is 1. The molecule has 2 N–H and O–H groups in total. The maximum atomic E-state index is 11.8. The summed E-state index contributed by atoms with van der Waals surface area (Å²) in [5, 5.41) is 5.98. The average Bonchev–Trinajstić information content (AvgIpc) is 2.39. The van der Waals surface area contributed by atoms with E-state index in [-0.39, 0.29) is 5.91 Å². The van der Waals surface area contributed by atoms with Crippen LogP contribution in [0, 0.1) is 5.92 Å². The van der Waals surface area contributed by atoms with Crippen LogP contribution in [0.25, 0.3) is 0 Å². The van der Waals surface area contributed by atoms with Gasteiger partial charge in [-0.05, 0) is 43.4 Å². The summed E-state index contributed by atoms with van der Waals surface area (Å²) in [5.41, 5.74) is 2.89. The van der Waals surface area contributed by atoms with Gasteiger partial charge in [0.15, 0.2) is 0 Å². The highest BCUT2D eigenvalue weighted by molar-refractivity contribution is 5.76. The summed E-state index contributed by atoms with van der Waals surface area (Å²) in [7, 11) is 1.89. The predicted octanol–water partition coefficient (Wildman–Crippen LogP) is 1.52. The third-order valence-corrected chi connectivity index (χ3v) is 3.62. The molecule has 0 aliphatic heterocycles. The molecule has 1 atom stereocenters. The maximum absolute atomic E-state index is 11.8. The Morgan fingerprint density at radius 1 is 1.28 bits per heavy atom. The monoisotopic (exact) mass is 246 g/mol. The molecule has 0 heterocycles. The van der Waals surface area contributed by atoms with Crippen LogP contribution in [0.3, 0.4) is 0 Å². The van der Waals surface area contributed by atoms with Gasteiger partial charge < -0.3 is 10.6 Å². The molecule has 98 valence electrons. The molecule has 1 aromatic rings. The van der Waals surface area contributed by atoms with Gasteiger partial charge in [-0.2, -0.15) is 0 Å². The normalized spacial score (nSPS) is 18.2. The Kier molecular flexibility index (Phi) is 4.76. The van der Waals surface area contributed by atoms with Crippen molar-refractivity contribution < 1.29 is 4.79 Å². The van der Waals surface area contributed by atoms with Crippen molar-refractivity contribution in [1.29, 1.82) is 0 Å². The Morgan fingerprint density at radius 2 is 2.06 bits per heavy atom. The first-order valence-corrected chi connectivity index (χ1v) is 6.77. The van der Waals surface area contributed by atoms with Crippen LogP contribution in [0.15, 0.2) is 24.3 Å². The van der Waals surface area contributed by atoms with Gasteiger partial charge in [-0.1, -0.05) is 24.3 Å². The molecule has 1 aliphatic rings. The fourth-order valence-electron chi connectivity index (χ4n) is 2.61. The summed E-state index contributed by atoms with van der Waals surface area (Å²) in [6, 6.07) is 8.59. The molecular weight excluding hydrogens is 224 g/mol. The van der Waals surface area contributed by atoms with Crippen molar-refractivity contribution in [1.82, 2.24) is 10.6 Å². The van der Waals surface area contributed by atoms with E-state index in [1.807, 2.05) is 7.05 Å². The number of carbonyl (C=O) groups is 1. The molecule has 3 nitrogen and oxygen atoms in total. The Labute approximate surface area is 109 Å². The van der Waals surface area contributed by atoms with E-state index in [9.17, 15) is 4.79 Å². The molecular formula is C15H22N2O. The number of rotatable bonds is 5. The number of fused-ring (bicyclic) bond motifs is 1. The summed E-state index contributed by atoms with van der Waals surface area (Å²) < 4.78 is 0. The van der Waals surface area contributed by atoms with E-state index in [0.29, 0.717) is 12.3 Å². The maximum Gasteiger partial charge on any atom is 0.220 e. The number of hydrogen-bond acceptors (Lipinski definition) is 2. The predicted molar refractivity (Wildman–Crippen MR) is 73.5 cm³/mol. The van der Waals surface area contributed by atoms with Gasteiger partial charge >= 0.3 is 0 Å². The molecule has 0 spiro atoms. The number of likely N-dealkylation sites (N-methyl/N-ethyl adjacent to an activating group) is 1. The minimum atomic E-state index is 0.189. The van der Waals surface area contributed by atoms with Crippen LogP contribution in [-0.4, -0.2) is 26.0 Å². The fraction of sp³-hybridized carbons (Fsp3) is 0.533. The number of nitrogens with one attached hydrogen (secondary N) is 2. The first-order valence-electron chi connectivity index (χ1n) is 6.77. The van der Waals surface area contributed by atoms with Gasteiger partial charge in [0.1, 0.15) is 0 Å². The summed E-state index contributed by atoms with van der Waals surface area (Å²) in [5.74, 6) is 0.698. The smallest absolute Gasteiger partial charge is 0.220 e. The van der Waals surface area contributed by atoms with Crippen LogP contribution in [0.1, 0.15) is 24.0 Å². The zero-order valence-corrected chi connectivity index (χ0v) is 11.0. The van der Waals surface area contributed by atoms with E-state index in [2.05, 4.69) is 34.9 Å². The average molecular weight is 246 g/mol. The van der Waals surface area contributed by atoms with E-state index in [4.69, 9.17) is 0 Å². The molecule has 0 fully saturated rings. The summed E-state index contributed by atoms with van der Waals surface area (Å²) in [4.78, 5) is 11.8. The highest BCUT2D eigenvalue weighted by Crippen LogP contribution is 2.27. The first-order chi connectivity index (χ1) is 8.79. The van der Waals surface area contributed by atoms with Crippen LogP contribution >= 0.6 is 0 Å². The van der Waals surface area contributed by atoms with Crippen molar-refractivity contribution in [2.75, 3.05) is 20.1 Å². The largest absolute Gasteiger partial charge is 0.355 e. The van der Waals surface area contributed by atoms with Gasteiger partial charge in [0.25, 0.3) is 0 Å². The van der Waals surface area contributed by atoms with Crippen LogP contribution in [-0.2, 0) is 17.6 Å². The summed E-state index contributed by atoms with van der Waals surface area (Å²) in [6.45, 7) is 1.55. The minimum Gasteiger partial charge on any atom is -0.355 e. The number of amides is 1. The molecule has 0 saturated heterocycles. The third kappa shape index (κ3) is 3.57. The number of carbonyl (C=O) groups excluding carboxylic acids is 1. The second kappa shape index (κ2) is 6.55. The Balaban J connectivity index is 1.80. The lowest BCUT2D eigenvalue weighted by atomic mass is 9.82. The molecule has 0 aromatic heterocycles. The molecule has 1 unspecified atom stereocenters. The van der Waals surface area contributed by atoms with Crippen molar-refractivity contribution in [2.45, 2.75) is 25.7 Å². The highest BCUT2D eigenvalue weighted by atomic mass is 16.1. The SMILES string of the molecule is CNCCNC(=O)CC1CCc2ccccc2C1. The van der Waals surface area contributed by atoms with Crippen molar-refractivity contribution in [3.63, 3.8) is 0 Å². The Hall–Kier alpha value is -1.35. The lowest BCUT2D eigenvalue weighted by Crippen LogP contribution is -2.32. The molecule has 1 aliphatic carbocycles. The van der Waals surface area contributed by atoms with Crippen molar-refractivity contribution >= 4 is 5.91 Å². The molecule has 1 aromatic carbocycles. The zero-order valence-electron chi connectivity index (χ0n) is 11.0. The second-order valence-electron chi connectivity index (χ2n) is 5.04. The summed E-state index contributed by atoms with van der Waals surface area (Å²) in [6.07, 6.45) is 3.97. The fourth-order valence-corrected chi connectivity index (χ4v) is 2.61. The van der Waals surface area contributed by atoms with Gasteiger partial charge in [-0.3, -0.25) is 4.79 Å². The van der Waals surface area contributed by atoms with Gasteiger partial charge in [0.2, 0.25) is 5.91 Å². The van der Waals surface area contributed by atoms with Crippen LogP contribution < -0.4 is 10.6 Å². The molecule has 3 heteroatoms. The second-order valence-corrected chi connectivity index (χ2v) is 5.04. The topological polar surface area (TPSA) is 41.1 Å². The van der Waals surface area contributed by atoms with Crippen LogP contribution in [0.4, 0.5) is 0 Å². The van der Waals surface area contributed by atoms with Gasteiger partial charge in [-0.15, -0.1) is 0 Å². The van der Waals surface area contributed by atoms with Gasteiger partial charge in [0, 0.05) is 19.5 Å². The van der Waals surface area contributed by atoms with Gasteiger partial charge in [-0.25, -0.2) is 0 Å². The lowest BCUT2D eigenvalue weighted by molar-refractivity contribution is -0.122. The van der Waals surface area contributed by atoms with Crippen LogP contribution in [0.2, 0.25) is 0 Å². The number of benzene rings is 1. The van der Waals surface area contributed by atoms with Crippen LogP contribution in [0.5, 0.6) is 0 Å². The molecule has 1 amide bonds. The molecule has 0 saturated carbocycles. The standard InChI is InChI=1S/C15H22N2O/c1-16-8-9-17-15(18)11-12-6-7-13-4-2-3-5-14(13)10-12/h2-5,12,16H,6-11H2,1H3,(H,17,18). The van der Waals surface area contributed by atoms with E-state index in [0.717, 1.165) is 32.4 Å². The van der Waals surface area contributed by atoms with Crippen molar-refractivity contribution in [3.05, 3.63) is 35.4 Å². The third-order valence-electron chi connectivity index (χ3n) is 3.62. The Morgan fingerprint density at radius 3 is 2.83 bits per heavy atom. The lowest BCUT2D eigenvalue weighted by Gasteiger charge is -2.24. The first kappa shape index (κ1) is 13.1. The van der Waals surface area contributed by atoms with E-state index in [1.165, 1.54) is 11.1 Å². The molecule has 2 rings (SSSR count). The quantitative estimate of drug-likeness (QED) is 0.773. The molecule has 0 radical (unpaired) electrons. The van der Waals surface area contributed by atoms with Gasteiger partial charge in [0.05, 0.1) is 0 Å². The van der Waals surface area contributed by atoms with E-state index in [1.54, 1.807) is 0 Å². The zero-order chi connectivity index (χ0) is 12.8. The Bertz CT molecular complexity index is 403. The summed E-state index contributed by atoms with van der Waals surface area (Å²) >= 11 is 0.